The lowest BCUT2D eigenvalue weighted by molar-refractivity contribution is 0.287. The third-order valence-corrected chi connectivity index (χ3v) is 8.00. The molecule has 10 heteroatoms. The van der Waals surface area contributed by atoms with Gasteiger partial charge in [0.1, 0.15) is 22.0 Å². The van der Waals surface area contributed by atoms with Crippen molar-refractivity contribution >= 4 is 37.9 Å². The highest BCUT2D eigenvalue weighted by Crippen LogP contribution is 2.36. The second-order valence-corrected chi connectivity index (χ2v) is 10.5. The molecule has 0 radical (unpaired) electrons. The number of sulfone groups is 1. The van der Waals surface area contributed by atoms with Gasteiger partial charge in [0.25, 0.3) is 0 Å². The van der Waals surface area contributed by atoms with E-state index in [2.05, 4.69) is 4.98 Å². The van der Waals surface area contributed by atoms with Gasteiger partial charge in [0, 0.05) is 6.54 Å². The summed E-state index contributed by atoms with van der Waals surface area (Å²) in [4.78, 5) is 9.15. The SMILES string of the molecule is CCOc1ccc(CCn2c(N)c(S(=O)(=O)c3ccc(F)cc3)c3nc4ccccc4nc32)cc1OCC. The number of ether oxygens (including phenoxy) is 2. The van der Waals surface area contributed by atoms with Crippen LogP contribution in [-0.4, -0.2) is 36.2 Å². The van der Waals surface area contributed by atoms with E-state index in [4.69, 9.17) is 20.2 Å². The molecular weight excluding hydrogens is 507 g/mol. The van der Waals surface area contributed by atoms with E-state index >= 15 is 0 Å². The lowest BCUT2D eigenvalue weighted by Crippen LogP contribution is -2.09. The molecule has 0 fully saturated rings. The molecule has 0 aliphatic heterocycles. The largest absolute Gasteiger partial charge is 0.490 e. The van der Waals surface area contributed by atoms with Crippen molar-refractivity contribution in [1.29, 1.82) is 0 Å². The van der Waals surface area contributed by atoms with Crippen molar-refractivity contribution in [3.63, 3.8) is 0 Å². The van der Waals surface area contributed by atoms with E-state index in [1.54, 1.807) is 16.7 Å². The van der Waals surface area contributed by atoms with E-state index in [1.165, 1.54) is 12.1 Å². The Morgan fingerprint density at radius 2 is 1.55 bits per heavy atom. The molecule has 2 aromatic heterocycles. The van der Waals surface area contributed by atoms with Gasteiger partial charge in [-0.1, -0.05) is 18.2 Å². The van der Waals surface area contributed by atoms with Gasteiger partial charge in [-0.3, -0.25) is 0 Å². The Morgan fingerprint density at radius 1 is 0.895 bits per heavy atom. The number of nitrogens with zero attached hydrogens (tertiary/aromatic N) is 3. The molecule has 0 atom stereocenters. The van der Waals surface area contributed by atoms with Crippen LogP contribution >= 0.6 is 0 Å². The Hall–Kier alpha value is -4.18. The highest BCUT2D eigenvalue weighted by molar-refractivity contribution is 7.92. The molecule has 2 heterocycles. The first-order chi connectivity index (χ1) is 18.3. The Kier molecular flexibility index (Phi) is 6.90. The predicted octanol–water partition coefficient (Wildman–Crippen LogP) is 5.18. The highest BCUT2D eigenvalue weighted by Gasteiger charge is 2.30. The molecular formula is C28H27FN4O4S. The van der Waals surface area contributed by atoms with Crippen LogP contribution in [0.1, 0.15) is 19.4 Å². The van der Waals surface area contributed by atoms with Crippen LogP contribution in [0.3, 0.4) is 0 Å². The van der Waals surface area contributed by atoms with Gasteiger partial charge in [0.2, 0.25) is 9.84 Å². The predicted molar refractivity (Wildman–Crippen MR) is 144 cm³/mol. The van der Waals surface area contributed by atoms with E-state index in [9.17, 15) is 12.8 Å². The number of halogens is 1. The molecule has 196 valence electrons. The number of hydrogen-bond acceptors (Lipinski definition) is 7. The third-order valence-electron chi connectivity index (χ3n) is 6.17. The number of para-hydroxylation sites is 2. The van der Waals surface area contributed by atoms with Crippen LogP contribution in [0.2, 0.25) is 0 Å². The summed E-state index contributed by atoms with van der Waals surface area (Å²) in [6, 6.07) is 17.6. The Labute approximate surface area is 219 Å². The molecule has 5 rings (SSSR count). The van der Waals surface area contributed by atoms with Crippen molar-refractivity contribution in [2.75, 3.05) is 18.9 Å². The Bertz CT molecular complexity index is 1730. The second-order valence-electron chi connectivity index (χ2n) is 8.61. The number of nitrogens with two attached hydrogens (primary N) is 1. The van der Waals surface area contributed by atoms with Crippen LogP contribution in [0.4, 0.5) is 10.2 Å². The molecule has 0 saturated heterocycles. The average Bonchev–Trinajstić information content (AvgIpc) is 3.18. The molecule has 0 spiro atoms. The summed E-state index contributed by atoms with van der Waals surface area (Å²) < 4.78 is 54.0. The van der Waals surface area contributed by atoms with Crippen molar-refractivity contribution in [2.45, 2.75) is 36.6 Å². The minimum atomic E-state index is -4.12. The van der Waals surface area contributed by atoms with Gasteiger partial charge in [0.15, 0.2) is 17.1 Å². The van der Waals surface area contributed by atoms with E-state index < -0.39 is 15.7 Å². The van der Waals surface area contributed by atoms with Crippen LogP contribution in [0.5, 0.6) is 11.5 Å². The standard InChI is InChI=1S/C28H27FN4O4S/c1-3-36-23-14-9-18(17-24(23)37-4-2)15-16-33-27(30)26(38(34,35)20-12-10-19(29)11-13-20)25-28(33)32-22-8-6-5-7-21(22)31-25/h5-14,17H,3-4,15-16,30H2,1-2H3. The van der Waals surface area contributed by atoms with Crippen LogP contribution in [0, 0.1) is 5.82 Å². The third kappa shape index (κ3) is 4.63. The molecule has 0 aliphatic rings. The van der Waals surface area contributed by atoms with Crippen molar-refractivity contribution in [2.24, 2.45) is 0 Å². The molecule has 8 nitrogen and oxygen atoms in total. The number of aromatic nitrogens is 3. The van der Waals surface area contributed by atoms with Gasteiger partial charge < -0.3 is 19.8 Å². The van der Waals surface area contributed by atoms with E-state index in [0.717, 1.165) is 17.7 Å². The lowest BCUT2D eigenvalue weighted by atomic mass is 10.1. The zero-order valence-corrected chi connectivity index (χ0v) is 21.8. The summed E-state index contributed by atoms with van der Waals surface area (Å²) in [5.74, 6) is 0.791. The first-order valence-electron chi connectivity index (χ1n) is 12.3. The smallest absolute Gasteiger partial charge is 0.212 e. The zero-order valence-electron chi connectivity index (χ0n) is 21.0. The van der Waals surface area contributed by atoms with Gasteiger partial charge in [-0.15, -0.1) is 0 Å². The molecule has 0 aliphatic carbocycles. The van der Waals surface area contributed by atoms with Crippen molar-refractivity contribution in [1.82, 2.24) is 14.5 Å². The molecule has 0 amide bonds. The number of aryl methyl sites for hydroxylation is 2. The number of hydrogen-bond donors (Lipinski definition) is 1. The fourth-order valence-electron chi connectivity index (χ4n) is 4.40. The summed E-state index contributed by atoms with van der Waals surface area (Å²) in [6.45, 7) is 5.16. The number of fused-ring (bicyclic) bond motifs is 2. The molecule has 38 heavy (non-hydrogen) atoms. The normalized spacial score (nSPS) is 11.8. The Morgan fingerprint density at radius 3 is 2.24 bits per heavy atom. The first kappa shape index (κ1) is 25.5. The van der Waals surface area contributed by atoms with Gasteiger partial charge in [0.05, 0.1) is 29.1 Å². The van der Waals surface area contributed by atoms with Crippen LogP contribution in [0.25, 0.3) is 22.2 Å². The summed E-state index contributed by atoms with van der Waals surface area (Å²) in [6.07, 6.45) is 0.519. The molecule has 0 bridgehead atoms. The molecule has 2 N–H and O–H groups in total. The number of nitrogen functional groups attached to an aromatic ring is 1. The minimum absolute atomic E-state index is 0.0237. The van der Waals surface area contributed by atoms with E-state index in [1.807, 2.05) is 44.2 Å². The van der Waals surface area contributed by atoms with Crippen LogP contribution < -0.4 is 15.2 Å². The van der Waals surface area contributed by atoms with Crippen molar-refractivity contribution in [3.05, 3.63) is 78.1 Å². The minimum Gasteiger partial charge on any atom is -0.490 e. The lowest BCUT2D eigenvalue weighted by Gasteiger charge is -2.13. The molecule has 5 aromatic rings. The zero-order chi connectivity index (χ0) is 26.9. The quantitative estimate of drug-likeness (QED) is 0.260. The number of rotatable bonds is 9. The van der Waals surface area contributed by atoms with Crippen LogP contribution in [0.15, 0.2) is 76.5 Å². The highest BCUT2D eigenvalue weighted by atomic mass is 32.2. The maximum atomic E-state index is 13.7. The first-order valence-corrected chi connectivity index (χ1v) is 13.8. The fraction of sp³-hybridized carbons (Fsp3) is 0.214. The monoisotopic (exact) mass is 534 g/mol. The van der Waals surface area contributed by atoms with Gasteiger partial charge in [-0.2, -0.15) is 0 Å². The van der Waals surface area contributed by atoms with Crippen molar-refractivity contribution in [3.8, 4) is 11.5 Å². The molecule has 0 saturated carbocycles. The van der Waals surface area contributed by atoms with Gasteiger partial charge >= 0.3 is 0 Å². The second kappa shape index (κ2) is 10.3. The van der Waals surface area contributed by atoms with Crippen LogP contribution in [-0.2, 0) is 22.8 Å². The van der Waals surface area contributed by atoms with E-state index in [0.29, 0.717) is 54.4 Å². The van der Waals surface area contributed by atoms with Gasteiger partial charge in [-0.05, 0) is 74.4 Å². The van der Waals surface area contributed by atoms with E-state index in [-0.39, 0.29) is 21.1 Å². The molecule has 0 unspecified atom stereocenters. The summed E-state index contributed by atoms with van der Waals surface area (Å²) >= 11 is 0. The summed E-state index contributed by atoms with van der Waals surface area (Å²) in [7, 11) is -4.12. The van der Waals surface area contributed by atoms with Gasteiger partial charge in [-0.25, -0.2) is 22.8 Å². The topological polar surface area (TPSA) is 109 Å². The molecule has 3 aromatic carbocycles. The maximum absolute atomic E-state index is 13.7. The number of anilines is 1. The average molecular weight is 535 g/mol. The fourth-order valence-corrected chi connectivity index (χ4v) is 5.91. The maximum Gasteiger partial charge on any atom is 0.212 e. The number of benzene rings is 3. The Balaban J connectivity index is 1.62. The van der Waals surface area contributed by atoms with Crippen molar-refractivity contribution < 1.29 is 22.3 Å². The summed E-state index contributed by atoms with van der Waals surface area (Å²) in [5.41, 5.74) is 9.17. The summed E-state index contributed by atoms with van der Waals surface area (Å²) in [5, 5.41) is 0.